The number of carbonyl (C=O) groups excluding carboxylic acids is 3. The second-order valence-electron chi connectivity index (χ2n) is 2.94. The van der Waals surface area contributed by atoms with E-state index in [0.717, 1.165) is 0 Å². The van der Waals surface area contributed by atoms with E-state index in [1.54, 1.807) is 13.8 Å². The van der Waals surface area contributed by atoms with E-state index in [2.05, 4.69) is 5.32 Å². The van der Waals surface area contributed by atoms with E-state index >= 15 is 0 Å². The Hall–Kier alpha value is -1.39. The van der Waals surface area contributed by atoms with Crippen molar-refractivity contribution in [1.29, 1.82) is 0 Å². The van der Waals surface area contributed by atoms with Crippen LogP contribution in [-0.4, -0.2) is 30.8 Å². The molecule has 0 unspecified atom stereocenters. The fourth-order valence-electron chi connectivity index (χ4n) is 0.927. The molecule has 0 radical (unpaired) electrons. The molecular formula is C10H17NO4. The number of nitrogens with one attached hydrogen (secondary N) is 1. The summed E-state index contributed by atoms with van der Waals surface area (Å²) in [4.78, 5) is 32.7. The minimum Gasteiger partial charge on any atom is -0.466 e. The van der Waals surface area contributed by atoms with E-state index < -0.39 is 11.7 Å². The zero-order valence-electron chi connectivity index (χ0n) is 9.17. The van der Waals surface area contributed by atoms with Crippen molar-refractivity contribution in [2.24, 2.45) is 0 Å². The lowest BCUT2D eigenvalue weighted by Gasteiger charge is -2.03. The molecule has 0 fully saturated rings. The Morgan fingerprint density at radius 1 is 1.20 bits per heavy atom. The van der Waals surface area contributed by atoms with Crippen LogP contribution in [0.4, 0.5) is 0 Å². The highest BCUT2D eigenvalue weighted by molar-refractivity contribution is 6.36. The maximum atomic E-state index is 11.0. The molecule has 0 rings (SSSR count). The number of hydrogen-bond donors (Lipinski definition) is 1. The standard InChI is InChI=1S/C10H17NO4/c1-3-8(12)10(14)11-7-5-6-9(13)15-4-2/h3-7H2,1-2H3,(H,11,14). The van der Waals surface area contributed by atoms with Crippen LogP contribution in [0.3, 0.4) is 0 Å². The van der Waals surface area contributed by atoms with Gasteiger partial charge in [-0.2, -0.15) is 0 Å². The van der Waals surface area contributed by atoms with Gasteiger partial charge < -0.3 is 10.1 Å². The summed E-state index contributed by atoms with van der Waals surface area (Å²) in [6, 6.07) is 0. The molecule has 0 aromatic rings. The molecule has 0 aromatic carbocycles. The Kier molecular flexibility index (Phi) is 7.23. The molecule has 5 heteroatoms. The van der Waals surface area contributed by atoms with Gasteiger partial charge in [0.05, 0.1) is 6.61 Å². The topological polar surface area (TPSA) is 72.5 Å². The Bertz CT molecular complexity index is 238. The maximum Gasteiger partial charge on any atom is 0.305 e. The SMILES string of the molecule is CCOC(=O)CCCNC(=O)C(=O)CC. The van der Waals surface area contributed by atoms with Gasteiger partial charge in [-0.05, 0) is 13.3 Å². The summed E-state index contributed by atoms with van der Waals surface area (Å²) in [7, 11) is 0. The molecule has 0 aromatic heterocycles. The lowest BCUT2D eigenvalue weighted by atomic mass is 10.2. The molecule has 0 atom stereocenters. The lowest BCUT2D eigenvalue weighted by molar-refractivity contribution is -0.143. The van der Waals surface area contributed by atoms with Crippen molar-refractivity contribution < 1.29 is 19.1 Å². The number of ketones is 1. The Morgan fingerprint density at radius 3 is 2.40 bits per heavy atom. The quantitative estimate of drug-likeness (QED) is 0.379. The van der Waals surface area contributed by atoms with Gasteiger partial charge in [-0.15, -0.1) is 0 Å². The third kappa shape index (κ3) is 6.65. The van der Waals surface area contributed by atoms with Gasteiger partial charge in [0.1, 0.15) is 0 Å². The van der Waals surface area contributed by atoms with E-state index in [1.165, 1.54) is 0 Å². The summed E-state index contributed by atoms with van der Waals surface area (Å²) in [5, 5.41) is 2.43. The fraction of sp³-hybridized carbons (Fsp3) is 0.700. The minimum atomic E-state index is -0.582. The van der Waals surface area contributed by atoms with Crippen molar-refractivity contribution in [1.82, 2.24) is 5.32 Å². The molecule has 1 N–H and O–H groups in total. The number of esters is 1. The monoisotopic (exact) mass is 215 g/mol. The third-order valence-corrected chi connectivity index (χ3v) is 1.72. The van der Waals surface area contributed by atoms with E-state index in [0.29, 0.717) is 19.6 Å². The number of carbonyl (C=O) groups is 3. The first-order valence-electron chi connectivity index (χ1n) is 5.08. The highest BCUT2D eigenvalue weighted by Gasteiger charge is 2.09. The average molecular weight is 215 g/mol. The van der Waals surface area contributed by atoms with E-state index in [-0.39, 0.29) is 18.8 Å². The Balaban J connectivity index is 3.50. The predicted octanol–water partition coefficient (Wildman–Crippen LogP) is 0.425. The van der Waals surface area contributed by atoms with Crippen LogP contribution in [-0.2, 0) is 19.1 Å². The van der Waals surface area contributed by atoms with Crippen LogP contribution < -0.4 is 5.32 Å². The van der Waals surface area contributed by atoms with Crippen LogP contribution in [0, 0.1) is 0 Å². The van der Waals surface area contributed by atoms with Crippen LogP contribution in [0.2, 0.25) is 0 Å². The molecule has 86 valence electrons. The second kappa shape index (κ2) is 7.96. The van der Waals surface area contributed by atoms with Crippen LogP contribution in [0.15, 0.2) is 0 Å². The molecule has 0 bridgehead atoms. The summed E-state index contributed by atoms with van der Waals surface area (Å²) in [5.74, 6) is -1.30. The van der Waals surface area contributed by atoms with Crippen LogP contribution in [0.25, 0.3) is 0 Å². The normalized spacial score (nSPS) is 9.47. The first kappa shape index (κ1) is 13.6. The van der Waals surface area contributed by atoms with Gasteiger partial charge in [0.25, 0.3) is 5.91 Å². The lowest BCUT2D eigenvalue weighted by Crippen LogP contribution is -2.31. The molecular weight excluding hydrogens is 198 g/mol. The van der Waals surface area contributed by atoms with Gasteiger partial charge in [-0.25, -0.2) is 0 Å². The first-order valence-corrected chi connectivity index (χ1v) is 5.08. The second-order valence-corrected chi connectivity index (χ2v) is 2.94. The number of Topliss-reactive ketones (excluding diaryl/α,β-unsaturated/α-hetero) is 1. The van der Waals surface area contributed by atoms with Crippen molar-refractivity contribution in [3.8, 4) is 0 Å². The first-order chi connectivity index (χ1) is 7.11. The summed E-state index contributed by atoms with van der Waals surface area (Å²) in [6.07, 6.45) is 0.944. The number of rotatable bonds is 7. The minimum absolute atomic E-state index is 0.198. The molecule has 1 amide bonds. The highest BCUT2D eigenvalue weighted by atomic mass is 16.5. The van der Waals surface area contributed by atoms with Gasteiger partial charge in [-0.3, -0.25) is 14.4 Å². The zero-order chi connectivity index (χ0) is 11.7. The third-order valence-electron chi connectivity index (χ3n) is 1.72. The van der Waals surface area contributed by atoms with E-state index in [1.807, 2.05) is 0 Å². The zero-order valence-corrected chi connectivity index (χ0v) is 9.17. The van der Waals surface area contributed by atoms with Gasteiger partial charge in [0, 0.05) is 19.4 Å². The highest BCUT2D eigenvalue weighted by Crippen LogP contribution is 1.91. The predicted molar refractivity (Wildman–Crippen MR) is 54.2 cm³/mol. The number of ether oxygens (including phenoxy) is 1. The van der Waals surface area contributed by atoms with Crippen molar-refractivity contribution in [3.05, 3.63) is 0 Å². The molecule has 0 saturated carbocycles. The molecule has 0 aliphatic carbocycles. The summed E-state index contributed by atoms with van der Waals surface area (Å²) < 4.78 is 4.70. The van der Waals surface area contributed by atoms with Gasteiger partial charge in [0.2, 0.25) is 5.78 Å². The number of hydrogen-bond acceptors (Lipinski definition) is 4. The van der Waals surface area contributed by atoms with Crippen molar-refractivity contribution in [3.63, 3.8) is 0 Å². The maximum absolute atomic E-state index is 11.0. The van der Waals surface area contributed by atoms with Crippen molar-refractivity contribution in [2.75, 3.05) is 13.2 Å². The van der Waals surface area contributed by atoms with E-state index in [9.17, 15) is 14.4 Å². The van der Waals surface area contributed by atoms with Crippen molar-refractivity contribution >= 4 is 17.7 Å². The average Bonchev–Trinajstić information content (AvgIpc) is 2.23. The molecule has 5 nitrogen and oxygen atoms in total. The summed E-state index contributed by atoms with van der Waals surface area (Å²) in [6.45, 7) is 4.04. The smallest absolute Gasteiger partial charge is 0.305 e. The largest absolute Gasteiger partial charge is 0.466 e. The molecule has 0 saturated heterocycles. The van der Waals surface area contributed by atoms with Crippen LogP contribution in [0.1, 0.15) is 33.1 Å². The molecule has 0 spiro atoms. The number of amides is 1. The van der Waals surface area contributed by atoms with Crippen LogP contribution >= 0.6 is 0 Å². The van der Waals surface area contributed by atoms with Gasteiger partial charge in [0.15, 0.2) is 0 Å². The summed E-state index contributed by atoms with van der Waals surface area (Å²) >= 11 is 0. The van der Waals surface area contributed by atoms with Crippen LogP contribution in [0.5, 0.6) is 0 Å². The van der Waals surface area contributed by atoms with Crippen molar-refractivity contribution in [2.45, 2.75) is 33.1 Å². The van der Waals surface area contributed by atoms with Gasteiger partial charge >= 0.3 is 5.97 Å². The molecule has 0 aliphatic rings. The molecule has 0 aliphatic heterocycles. The van der Waals surface area contributed by atoms with E-state index in [4.69, 9.17) is 4.74 Å². The molecule has 15 heavy (non-hydrogen) atoms. The van der Waals surface area contributed by atoms with Gasteiger partial charge in [-0.1, -0.05) is 6.92 Å². The summed E-state index contributed by atoms with van der Waals surface area (Å²) in [5.41, 5.74) is 0. The Morgan fingerprint density at radius 2 is 1.87 bits per heavy atom. The Labute approximate surface area is 89.2 Å². The fourth-order valence-corrected chi connectivity index (χ4v) is 0.927. The molecule has 0 heterocycles.